The highest BCUT2D eigenvalue weighted by Crippen LogP contribution is 2.31. The van der Waals surface area contributed by atoms with E-state index in [9.17, 15) is 9.59 Å². The van der Waals surface area contributed by atoms with Gasteiger partial charge in [0.05, 0.1) is 31.1 Å². The van der Waals surface area contributed by atoms with Crippen molar-refractivity contribution < 1.29 is 9.53 Å². The number of azo groups is 1. The largest absolute Gasteiger partial charge is 0.378 e. The summed E-state index contributed by atoms with van der Waals surface area (Å²) in [6, 6.07) is 25.2. The molecular formula is C45H49N15O3S3. The number of thioether (sulfide) groups is 1. The molecule has 0 aliphatic rings. The number of anilines is 1. The molecule has 66 heavy (non-hydrogen) atoms. The SMILES string of the molecule is CCCSc1nc(NCCN)c2nnn(Cc3ccc(CCCNCCOCCNC(=O)c4ccc(-c5csc(-n6[nH]c(-c7ccccc7)c(N=Nc7nccs7)c6=O)n5)cc4)cc3)c2n1. The smallest absolute Gasteiger partial charge is 0.301 e. The van der Waals surface area contributed by atoms with Crippen molar-refractivity contribution in [3.63, 3.8) is 0 Å². The molecule has 8 aromatic rings. The number of fused-ring (bicyclic) bond motifs is 1. The van der Waals surface area contributed by atoms with Gasteiger partial charge in [-0.2, -0.15) is 4.68 Å². The fourth-order valence-corrected chi connectivity index (χ4v) is 8.68. The second-order valence-electron chi connectivity index (χ2n) is 14.8. The first-order valence-electron chi connectivity index (χ1n) is 21.6. The Balaban J connectivity index is 0.733. The van der Waals surface area contributed by atoms with E-state index < -0.39 is 0 Å². The van der Waals surface area contributed by atoms with E-state index >= 15 is 0 Å². The topological polar surface area (TPSA) is 233 Å². The lowest BCUT2D eigenvalue weighted by Gasteiger charge is -2.09. The second kappa shape index (κ2) is 23.1. The molecule has 0 unspecified atom stereocenters. The number of carbonyl (C=O) groups is 1. The lowest BCUT2D eigenvalue weighted by Crippen LogP contribution is -2.28. The predicted molar refractivity (Wildman–Crippen MR) is 261 cm³/mol. The Kier molecular flexibility index (Phi) is 16.1. The Morgan fingerprint density at radius 2 is 1.73 bits per heavy atom. The monoisotopic (exact) mass is 943 g/mol. The number of aromatic nitrogens is 9. The van der Waals surface area contributed by atoms with Gasteiger partial charge in [0.2, 0.25) is 10.3 Å². The highest BCUT2D eigenvalue weighted by molar-refractivity contribution is 7.99. The number of rotatable bonds is 24. The summed E-state index contributed by atoms with van der Waals surface area (Å²) in [5.74, 6) is 1.40. The number of H-pyrrole nitrogens is 1. The highest BCUT2D eigenvalue weighted by Gasteiger charge is 2.20. The third-order valence-corrected chi connectivity index (χ3v) is 12.6. The third-order valence-electron chi connectivity index (χ3n) is 10.1. The lowest BCUT2D eigenvalue weighted by molar-refractivity contribution is 0.0916. The van der Waals surface area contributed by atoms with Crippen molar-refractivity contribution in [2.75, 3.05) is 57.0 Å². The lowest BCUT2D eigenvalue weighted by atomic mass is 10.1. The van der Waals surface area contributed by atoms with Crippen molar-refractivity contribution in [3.8, 4) is 27.6 Å². The van der Waals surface area contributed by atoms with Crippen molar-refractivity contribution in [3.05, 3.63) is 123 Å². The molecule has 3 aromatic carbocycles. The number of carbonyl (C=O) groups excluding carboxylic acids is 1. The van der Waals surface area contributed by atoms with Gasteiger partial charge in [0.25, 0.3) is 5.91 Å². The summed E-state index contributed by atoms with van der Waals surface area (Å²) in [6.07, 6.45) is 4.60. The van der Waals surface area contributed by atoms with Crippen LogP contribution in [0.2, 0.25) is 0 Å². The van der Waals surface area contributed by atoms with Crippen molar-refractivity contribution >= 4 is 68.1 Å². The van der Waals surface area contributed by atoms with E-state index in [-0.39, 0.29) is 17.2 Å². The molecule has 0 radical (unpaired) electrons. The second-order valence-corrected chi connectivity index (χ2v) is 17.6. The maximum atomic E-state index is 13.6. The van der Waals surface area contributed by atoms with E-state index in [0.29, 0.717) is 88.7 Å². The minimum atomic E-state index is -0.383. The number of aromatic amines is 1. The average molecular weight is 944 g/mol. The van der Waals surface area contributed by atoms with Gasteiger partial charge in [0.1, 0.15) is 0 Å². The predicted octanol–water partition coefficient (Wildman–Crippen LogP) is 7.25. The van der Waals surface area contributed by atoms with Crippen LogP contribution in [0.15, 0.2) is 116 Å². The molecule has 0 bridgehead atoms. The van der Waals surface area contributed by atoms with Gasteiger partial charge >= 0.3 is 5.56 Å². The number of thiazole rings is 2. The first-order valence-corrected chi connectivity index (χ1v) is 24.3. The number of nitrogens with one attached hydrogen (secondary N) is 4. The van der Waals surface area contributed by atoms with Crippen LogP contribution >= 0.6 is 34.4 Å². The maximum Gasteiger partial charge on any atom is 0.301 e. The van der Waals surface area contributed by atoms with Crippen LogP contribution < -0.4 is 27.2 Å². The average Bonchev–Trinajstić information content (AvgIpc) is 4.19. The summed E-state index contributed by atoms with van der Waals surface area (Å²) in [4.78, 5) is 44.7. The molecule has 0 saturated carbocycles. The Bertz CT molecular complexity index is 2880. The van der Waals surface area contributed by atoms with E-state index in [0.717, 1.165) is 54.8 Å². The zero-order chi connectivity index (χ0) is 45.5. The summed E-state index contributed by atoms with van der Waals surface area (Å²) in [6.45, 7) is 6.69. The van der Waals surface area contributed by atoms with Gasteiger partial charge in [-0.25, -0.2) is 24.6 Å². The molecule has 0 aliphatic heterocycles. The molecule has 5 aromatic heterocycles. The van der Waals surface area contributed by atoms with E-state index in [1.807, 2.05) is 52.5 Å². The quantitative estimate of drug-likeness (QED) is 0.0174. The minimum Gasteiger partial charge on any atom is -0.378 e. The zero-order valence-electron chi connectivity index (χ0n) is 36.2. The number of ether oxygens (including phenoxy) is 1. The van der Waals surface area contributed by atoms with E-state index in [1.54, 1.807) is 35.5 Å². The summed E-state index contributed by atoms with van der Waals surface area (Å²) >= 11 is 4.26. The molecule has 21 heteroatoms. The van der Waals surface area contributed by atoms with Crippen molar-refractivity contribution in [2.24, 2.45) is 16.0 Å². The molecule has 0 atom stereocenters. The maximum absolute atomic E-state index is 13.6. The van der Waals surface area contributed by atoms with Gasteiger partial charge < -0.3 is 26.4 Å². The Labute approximate surface area is 392 Å². The first-order chi connectivity index (χ1) is 32.5. The molecule has 8 rings (SSSR count). The molecule has 18 nitrogen and oxygen atoms in total. The fourth-order valence-electron chi connectivity index (χ4n) is 6.74. The summed E-state index contributed by atoms with van der Waals surface area (Å²) < 4.78 is 8.95. The molecule has 6 N–H and O–H groups in total. The van der Waals surface area contributed by atoms with Gasteiger partial charge in [0, 0.05) is 65.6 Å². The fraction of sp³-hybridized carbons (Fsp3) is 0.289. The van der Waals surface area contributed by atoms with Crippen molar-refractivity contribution in [1.29, 1.82) is 0 Å². The van der Waals surface area contributed by atoms with E-state index in [4.69, 9.17) is 20.4 Å². The van der Waals surface area contributed by atoms with Crippen LogP contribution in [0.1, 0.15) is 41.3 Å². The number of benzene rings is 3. The van der Waals surface area contributed by atoms with Crippen molar-refractivity contribution in [1.82, 2.24) is 55.3 Å². The van der Waals surface area contributed by atoms with Crippen LogP contribution in [0.3, 0.4) is 0 Å². The summed E-state index contributed by atoms with van der Waals surface area (Å²) in [5, 5.41) is 35.3. The molecule has 0 fully saturated rings. The standard InChI is InChI=1S/C45H49N15O3S3/c1-2-26-64-44-52-39(48-20-18-46)38-40(53-44)59(58-55-38)28-31-12-10-30(11-13-31)7-6-19-47-21-24-63-25-22-49-41(61)34-16-14-32(15-17-34)35-29-66-45(51-35)60-42(62)37(54-56-43-50-23-27-65-43)36(57-60)33-8-4-3-5-9-33/h3-5,8-17,23,27,29,47,57H,2,6-7,18-22,24-26,28,46H2,1H3,(H,49,61)(H,48,52,53). The molecular weight excluding hydrogens is 895 g/mol. The van der Waals surface area contributed by atoms with Crippen LogP contribution in [0.4, 0.5) is 16.6 Å². The van der Waals surface area contributed by atoms with Crippen LogP contribution in [0.5, 0.6) is 0 Å². The van der Waals surface area contributed by atoms with Gasteiger partial charge in [-0.05, 0) is 49.1 Å². The summed E-state index contributed by atoms with van der Waals surface area (Å²) in [5.41, 5.74) is 12.5. The van der Waals surface area contributed by atoms with E-state index in [1.165, 1.54) is 32.9 Å². The minimum absolute atomic E-state index is 0.158. The summed E-state index contributed by atoms with van der Waals surface area (Å²) in [7, 11) is 0. The number of nitrogens with two attached hydrogens (primary N) is 1. The Morgan fingerprint density at radius 3 is 2.52 bits per heavy atom. The molecule has 0 aliphatic carbocycles. The third kappa shape index (κ3) is 11.8. The highest BCUT2D eigenvalue weighted by atomic mass is 32.2. The van der Waals surface area contributed by atoms with Crippen LogP contribution in [-0.4, -0.2) is 102 Å². The van der Waals surface area contributed by atoms with Gasteiger partial charge in [-0.1, -0.05) is 90.6 Å². The number of hydrogen-bond acceptors (Lipinski definition) is 17. The molecule has 0 spiro atoms. The zero-order valence-corrected chi connectivity index (χ0v) is 38.7. The molecule has 5 heterocycles. The molecule has 340 valence electrons. The number of amides is 1. The van der Waals surface area contributed by atoms with E-state index in [2.05, 4.69) is 82.7 Å². The number of aryl methyl sites for hydroxylation is 1. The Hall–Kier alpha value is -6.49. The van der Waals surface area contributed by atoms with Crippen LogP contribution in [0, 0.1) is 0 Å². The van der Waals surface area contributed by atoms with Crippen LogP contribution in [0.25, 0.3) is 38.8 Å². The Morgan fingerprint density at radius 1 is 0.909 bits per heavy atom. The number of hydrogen-bond donors (Lipinski definition) is 5. The van der Waals surface area contributed by atoms with Crippen molar-refractivity contribution in [2.45, 2.75) is 37.9 Å². The van der Waals surface area contributed by atoms with Gasteiger partial charge in [-0.3, -0.25) is 14.7 Å². The van der Waals surface area contributed by atoms with Gasteiger partial charge in [-0.15, -0.1) is 38.0 Å². The number of nitrogens with zero attached hydrogens (tertiary/aromatic N) is 10. The van der Waals surface area contributed by atoms with Gasteiger partial charge in [0.15, 0.2) is 27.8 Å². The molecule has 0 saturated heterocycles. The normalized spacial score (nSPS) is 11.5. The molecule has 1 amide bonds. The first kappa shape index (κ1) is 46.1. The van der Waals surface area contributed by atoms with Crippen LogP contribution in [-0.2, 0) is 17.7 Å².